The van der Waals surface area contributed by atoms with Gasteiger partial charge < -0.3 is 9.13 Å². The van der Waals surface area contributed by atoms with Gasteiger partial charge in [0.15, 0.2) is 0 Å². The molecular formula is C52H38BF3N2. The van der Waals surface area contributed by atoms with Gasteiger partial charge in [-0.25, -0.2) is 13.2 Å². The molecule has 58 heavy (non-hydrogen) atoms. The Kier molecular flexibility index (Phi) is 6.43. The van der Waals surface area contributed by atoms with Crippen molar-refractivity contribution in [2.24, 2.45) is 0 Å². The molecule has 280 valence electrons. The minimum absolute atomic E-state index is 0.0854. The average molecular weight is 759 g/mol. The first-order chi connectivity index (χ1) is 27.8. The van der Waals surface area contributed by atoms with E-state index in [0.29, 0.717) is 5.56 Å². The molecule has 12 rings (SSSR count). The smallest absolute Gasteiger partial charge is 0.253 e. The molecule has 0 aliphatic carbocycles. The molecule has 0 saturated heterocycles. The number of rotatable bonds is 1. The summed E-state index contributed by atoms with van der Waals surface area (Å²) >= 11 is 0. The highest BCUT2D eigenvalue weighted by molar-refractivity contribution is 7.01. The average Bonchev–Trinajstić information content (AvgIpc) is 3.68. The zero-order valence-electron chi connectivity index (χ0n) is 33.2. The normalized spacial score (nSPS) is 13.6. The van der Waals surface area contributed by atoms with Crippen molar-refractivity contribution in [3.8, 4) is 22.5 Å². The summed E-state index contributed by atoms with van der Waals surface area (Å²) < 4.78 is 51.3. The molecule has 6 heteroatoms. The van der Waals surface area contributed by atoms with Crippen LogP contribution in [0.4, 0.5) is 13.2 Å². The third-order valence-electron chi connectivity index (χ3n) is 13.1. The Morgan fingerprint density at radius 1 is 0.466 bits per heavy atom. The Balaban J connectivity index is 1.36. The van der Waals surface area contributed by atoms with Crippen molar-refractivity contribution in [2.45, 2.75) is 52.4 Å². The first kappa shape index (κ1) is 33.8. The lowest BCUT2D eigenvalue weighted by Crippen LogP contribution is -2.59. The number of hydrogen-bond acceptors (Lipinski definition) is 0. The number of fused-ring (bicyclic) bond motifs is 13. The summed E-state index contributed by atoms with van der Waals surface area (Å²) in [4.78, 5) is 0. The Morgan fingerprint density at radius 2 is 1.03 bits per heavy atom. The van der Waals surface area contributed by atoms with Crippen LogP contribution in [0.3, 0.4) is 0 Å². The van der Waals surface area contributed by atoms with Crippen molar-refractivity contribution in [3.05, 3.63) is 150 Å². The van der Waals surface area contributed by atoms with E-state index in [9.17, 15) is 4.39 Å². The third kappa shape index (κ3) is 4.35. The first-order valence-corrected chi connectivity index (χ1v) is 20.1. The Hall–Kier alpha value is -6.27. The molecule has 0 spiro atoms. The van der Waals surface area contributed by atoms with Crippen molar-refractivity contribution < 1.29 is 13.2 Å². The van der Waals surface area contributed by atoms with E-state index in [1.807, 2.05) is 12.1 Å². The highest BCUT2D eigenvalue weighted by Crippen LogP contribution is 2.45. The zero-order valence-corrected chi connectivity index (χ0v) is 33.2. The monoisotopic (exact) mass is 758 g/mol. The van der Waals surface area contributed by atoms with Crippen LogP contribution in [0.15, 0.2) is 121 Å². The molecule has 0 bridgehead atoms. The quantitative estimate of drug-likeness (QED) is 0.148. The van der Waals surface area contributed by atoms with Crippen molar-refractivity contribution in [1.29, 1.82) is 0 Å². The number of aromatic nitrogens is 2. The van der Waals surface area contributed by atoms with Crippen LogP contribution in [0.1, 0.15) is 52.7 Å². The topological polar surface area (TPSA) is 9.86 Å². The number of hydrogen-bond donors (Lipinski definition) is 0. The van der Waals surface area contributed by atoms with Crippen LogP contribution in [0.25, 0.3) is 87.7 Å². The second kappa shape index (κ2) is 11.0. The standard InChI is InChI=1S/C52H38BF3N2/c1-51(2,3)31-15-16-42-36(22-31)38-23-32(52(4,5)6)24-39-49(38)57(42)44-20-30(46-40(55)25-33(54)26-41(46)56)21-45-48(44)53(39)47-34-14-10-9-13-29(34)18-37-35-17-27-11-7-8-12-28(27)19-43(35)58(45)50(37)47/h7-26H,1-6H3. The van der Waals surface area contributed by atoms with Crippen molar-refractivity contribution in [3.63, 3.8) is 0 Å². The summed E-state index contributed by atoms with van der Waals surface area (Å²) in [5, 5.41) is 9.15. The number of benzene rings is 8. The summed E-state index contributed by atoms with van der Waals surface area (Å²) in [5.74, 6) is -2.80. The SMILES string of the molecule is CC(C)(C)c1ccc2c(c1)c1cc(C(C)(C)C)cc3c1n2-c1cc(-c2c(F)cc(F)cc2F)cc2c1B3c1c3ccccc3cc3c4cc5ccccc5cc4n-2c13. The maximum atomic E-state index is 16.0. The van der Waals surface area contributed by atoms with Crippen LogP contribution >= 0.6 is 0 Å². The molecule has 0 unspecified atom stereocenters. The third-order valence-corrected chi connectivity index (χ3v) is 13.1. The molecule has 8 aromatic carbocycles. The molecule has 2 aromatic heterocycles. The lowest BCUT2D eigenvalue weighted by molar-refractivity contribution is 0.548. The number of nitrogens with zero attached hydrogens (tertiary/aromatic N) is 2. The predicted molar refractivity (Wildman–Crippen MR) is 237 cm³/mol. The van der Waals surface area contributed by atoms with E-state index in [4.69, 9.17) is 0 Å². The fourth-order valence-electron chi connectivity index (χ4n) is 10.4. The second-order valence-electron chi connectivity index (χ2n) is 18.6. The molecule has 2 aliphatic heterocycles. The van der Waals surface area contributed by atoms with Gasteiger partial charge in [0, 0.05) is 56.1 Å². The summed E-state index contributed by atoms with van der Waals surface area (Å²) in [5.41, 5.74) is 11.9. The van der Waals surface area contributed by atoms with Gasteiger partial charge in [-0.3, -0.25) is 0 Å². The maximum Gasteiger partial charge on any atom is 0.253 e. The summed E-state index contributed by atoms with van der Waals surface area (Å²) in [7, 11) is 0. The lowest BCUT2D eigenvalue weighted by Gasteiger charge is -2.35. The highest BCUT2D eigenvalue weighted by Gasteiger charge is 2.43. The molecule has 0 saturated carbocycles. The van der Waals surface area contributed by atoms with Crippen LogP contribution in [-0.4, -0.2) is 15.8 Å². The Morgan fingerprint density at radius 3 is 1.72 bits per heavy atom. The van der Waals surface area contributed by atoms with Gasteiger partial charge in [-0.05, 0) is 114 Å². The molecule has 0 radical (unpaired) electrons. The first-order valence-electron chi connectivity index (χ1n) is 20.1. The van der Waals surface area contributed by atoms with Gasteiger partial charge in [-0.15, -0.1) is 0 Å². The summed E-state index contributed by atoms with van der Waals surface area (Å²) in [6.07, 6.45) is 0. The molecule has 0 N–H and O–H groups in total. The van der Waals surface area contributed by atoms with Gasteiger partial charge >= 0.3 is 0 Å². The molecule has 4 heterocycles. The van der Waals surface area contributed by atoms with E-state index in [-0.39, 0.29) is 23.1 Å². The molecule has 2 nitrogen and oxygen atoms in total. The van der Waals surface area contributed by atoms with Crippen molar-refractivity contribution in [2.75, 3.05) is 0 Å². The zero-order chi connectivity index (χ0) is 39.7. The van der Waals surface area contributed by atoms with Crippen molar-refractivity contribution in [1.82, 2.24) is 9.13 Å². The predicted octanol–water partition coefficient (Wildman–Crippen LogP) is 12.0. The Labute approximate surface area is 334 Å². The molecule has 0 amide bonds. The van der Waals surface area contributed by atoms with Crippen LogP contribution in [0.2, 0.25) is 0 Å². The van der Waals surface area contributed by atoms with Gasteiger partial charge in [-0.2, -0.15) is 0 Å². The van der Waals surface area contributed by atoms with Crippen molar-refractivity contribution >= 4 is 88.3 Å². The van der Waals surface area contributed by atoms with E-state index in [0.717, 1.165) is 83.4 Å². The highest BCUT2D eigenvalue weighted by atomic mass is 19.1. The maximum absolute atomic E-state index is 16.0. The molecule has 10 aromatic rings. The van der Waals surface area contributed by atoms with E-state index < -0.39 is 17.5 Å². The van der Waals surface area contributed by atoms with E-state index in [1.54, 1.807) is 0 Å². The molecule has 0 fully saturated rings. The largest absolute Gasteiger partial charge is 0.310 e. The fourth-order valence-corrected chi connectivity index (χ4v) is 10.4. The molecule has 0 atom stereocenters. The summed E-state index contributed by atoms with van der Waals surface area (Å²) in [6.45, 7) is 13.3. The van der Waals surface area contributed by atoms with Crippen LogP contribution < -0.4 is 16.4 Å². The minimum atomic E-state index is -0.944. The van der Waals surface area contributed by atoms with Gasteiger partial charge in [0.05, 0.1) is 16.6 Å². The van der Waals surface area contributed by atoms with E-state index in [2.05, 4.69) is 148 Å². The van der Waals surface area contributed by atoms with Crippen LogP contribution in [0, 0.1) is 17.5 Å². The second-order valence-corrected chi connectivity index (χ2v) is 18.6. The van der Waals surface area contributed by atoms with Crippen LogP contribution in [0.5, 0.6) is 0 Å². The van der Waals surface area contributed by atoms with Crippen LogP contribution in [-0.2, 0) is 10.8 Å². The van der Waals surface area contributed by atoms with Gasteiger partial charge in [-0.1, -0.05) is 102 Å². The molecule has 2 aliphatic rings. The molecular weight excluding hydrogens is 720 g/mol. The van der Waals surface area contributed by atoms with E-state index in [1.165, 1.54) is 32.8 Å². The van der Waals surface area contributed by atoms with Gasteiger partial charge in [0.2, 0.25) is 0 Å². The Bertz CT molecular complexity index is 3500. The summed E-state index contributed by atoms with van der Waals surface area (Å²) in [6, 6.07) is 41.0. The van der Waals surface area contributed by atoms with Gasteiger partial charge in [0.1, 0.15) is 17.5 Å². The number of halogens is 3. The van der Waals surface area contributed by atoms with Gasteiger partial charge in [0.25, 0.3) is 6.71 Å². The fraction of sp³-hybridized carbons (Fsp3) is 0.154. The lowest BCUT2D eigenvalue weighted by atomic mass is 9.33. The minimum Gasteiger partial charge on any atom is -0.310 e. The van der Waals surface area contributed by atoms with E-state index >= 15 is 8.78 Å².